The van der Waals surface area contributed by atoms with Gasteiger partial charge in [0.05, 0.1) is 11.3 Å². The highest BCUT2D eigenvalue weighted by Crippen LogP contribution is 2.26. The van der Waals surface area contributed by atoms with Crippen LogP contribution in [-0.2, 0) is 4.79 Å². The minimum atomic E-state index is -1.10. The lowest BCUT2D eigenvalue weighted by Crippen LogP contribution is -2.45. The highest BCUT2D eigenvalue weighted by molar-refractivity contribution is 6.10. The summed E-state index contributed by atoms with van der Waals surface area (Å²) in [6.07, 6.45) is 0.595. The van der Waals surface area contributed by atoms with Crippen LogP contribution >= 0.6 is 0 Å². The Balaban J connectivity index is 1.95. The number of aryl methyl sites for hydroxylation is 3. The van der Waals surface area contributed by atoms with Crippen LogP contribution in [-0.4, -0.2) is 29.1 Å². The number of carboxylic acid groups (broad SMARTS) is 1. The van der Waals surface area contributed by atoms with Gasteiger partial charge in [0, 0.05) is 5.69 Å². The van der Waals surface area contributed by atoms with E-state index in [2.05, 4.69) is 16.0 Å². The first-order chi connectivity index (χ1) is 16.1. The molecule has 3 rings (SSSR count). The average Bonchev–Trinajstić information content (AvgIpc) is 2.78. The van der Waals surface area contributed by atoms with Gasteiger partial charge in [-0.2, -0.15) is 0 Å². The van der Waals surface area contributed by atoms with Crippen molar-refractivity contribution in [2.45, 2.75) is 47.1 Å². The maximum absolute atomic E-state index is 13.2. The third-order valence-corrected chi connectivity index (χ3v) is 6.06. The number of aliphatic carboxylic acids is 1. The van der Waals surface area contributed by atoms with Crippen LogP contribution in [0.1, 0.15) is 47.3 Å². The molecule has 0 spiro atoms. The Morgan fingerprint density at radius 2 is 1.50 bits per heavy atom. The lowest BCUT2D eigenvalue weighted by atomic mass is 9.98. The number of rotatable bonds is 7. The SMILES string of the molecule is CC[C@H](C)[C@H](NC(=O)c1cc2ccccc2cc1NC(=O)Nc1c(C)cc(C)cc1C)C(=O)O. The highest BCUT2D eigenvalue weighted by atomic mass is 16.4. The van der Waals surface area contributed by atoms with Crippen molar-refractivity contribution < 1.29 is 19.5 Å². The number of carbonyl (C=O) groups excluding carboxylic acids is 2. The molecule has 0 aliphatic carbocycles. The first-order valence-corrected chi connectivity index (χ1v) is 11.3. The lowest BCUT2D eigenvalue weighted by molar-refractivity contribution is -0.140. The zero-order valence-corrected chi connectivity index (χ0v) is 20.2. The molecule has 7 heteroatoms. The summed E-state index contributed by atoms with van der Waals surface area (Å²) in [6.45, 7) is 9.48. The Kier molecular flexibility index (Phi) is 7.56. The molecule has 2 atom stereocenters. The van der Waals surface area contributed by atoms with Crippen LogP contribution in [0.5, 0.6) is 0 Å². The fraction of sp³-hybridized carbons (Fsp3) is 0.296. The summed E-state index contributed by atoms with van der Waals surface area (Å²) in [5.74, 6) is -1.91. The fourth-order valence-electron chi connectivity index (χ4n) is 4.08. The van der Waals surface area contributed by atoms with Crippen molar-refractivity contribution >= 4 is 40.1 Å². The molecule has 3 aromatic rings. The minimum absolute atomic E-state index is 0.195. The van der Waals surface area contributed by atoms with Crippen LogP contribution in [0.15, 0.2) is 48.5 Å². The zero-order chi connectivity index (χ0) is 25.0. The molecule has 178 valence electrons. The Morgan fingerprint density at radius 3 is 2.06 bits per heavy atom. The molecule has 0 aliphatic heterocycles. The van der Waals surface area contributed by atoms with Gasteiger partial charge in [0.1, 0.15) is 6.04 Å². The second-order valence-electron chi connectivity index (χ2n) is 8.77. The van der Waals surface area contributed by atoms with Crippen molar-refractivity contribution in [3.63, 3.8) is 0 Å². The Hall–Kier alpha value is -3.87. The molecule has 0 aromatic heterocycles. The van der Waals surface area contributed by atoms with Gasteiger partial charge in [0.25, 0.3) is 5.91 Å². The van der Waals surface area contributed by atoms with E-state index in [9.17, 15) is 19.5 Å². The molecule has 0 saturated carbocycles. The van der Waals surface area contributed by atoms with E-state index in [4.69, 9.17) is 0 Å². The molecule has 0 bridgehead atoms. The van der Waals surface area contributed by atoms with Crippen molar-refractivity contribution in [3.05, 3.63) is 70.8 Å². The quantitative estimate of drug-likeness (QED) is 0.365. The number of nitrogens with one attached hydrogen (secondary N) is 3. The smallest absolute Gasteiger partial charge is 0.326 e. The summed E-state index contributed by atoms with van der Waals surface area (Å²) in [5, 5.41) is 19.5. The third kappa shape index (κ3) is 5.54. The first kappa shape index (κ1) is 24.8. The number of carbonyl (C=O) groups is 3. The van der Waals surface area contributed by atoms with Crippen molar-refractivity contribution in [1.82, 2.24) is 5.32 Å². The molecular weight excluding hydrogens is 430 g/mol. The van der Waals surface area contributed by atoms with Gasteiger partial charge in [-0.15, -0.1) is 0 Å². The van der Waals surface area contributed by atoms with Gasteiger partial charge in [0.2, 0.25) is 0 Å². The van der Waals surface area contributed by atoms with Crippen LogP contribution in [0.3, 0.4) is 0 Å². The summed E-state index contributed by atoms with van der Waals surface area (Å²) in [6, 6.07) is 13.3. The predicted molar refractivity (Wildman–Crippen MR) is 136 cm³/mol. The maximum atomic E-state index is 13.2. The van der Waals surface area contributed by atoms with Crippen molar-refractivity contribution in [2.24, 2.45) is 5.92 Å². The van der Waals surface area contributed by atoms with E-state index >= 15 is 0 Å². The molecule has 0 heterocycles. The summed E-state index contributed by atoms with van der Waals surface area (Å²) >= 11 is 0. The topological polar surface area (TPSA) is 108 Å². The van der Waals surface area contributed by atoms with Crippen LogP contribution in [0, 0.1) is 26.7 Å². The summed E-state index contributed by atoms with van der Waals surface area (Å²) in [7, 11) is 0. The Morgan fingerprint density at radius 1 is 0.912 bits per heavy atom. The lowest BCUT2D eigenvalue weighted by Gasteiger charge is -2.21. The summed E-state index contributed by atoms with van der Waals surface area (Å²) < 4.78 is 0. The number of urea groups is 1. The molecule has 4 N–H and O–H groups in total. The molecule has 3 aromatic carbocycles. The van der Waals surface area contributed by atoms with E-state index in [1.54, 1.807) is 19.1 Å². The van der Waals surface area contributed by atoms with E-state index in [1.807, 2.05) is 64.1 Å². The van der Waals surface area contributed by atoms with Crippen LogP contribution in [0.25, 0.3) is 10.8 Å². The molecule has 0 fully saturated rings. The van der Waals surface area contributed by atoms with Gasteiger partial charge in [0.15, 0.2) is 0 Å². The number of amides is 3. The van der Waals surface area contributed by atoms with E-state index < -0.39 is 23.9 Å². The van der Waals surface area contributed by atoms with E-state index in [0.29, 0.717) is 17.8 Å². The molecule has 3 amide bonds. The van der Waals surface area contributed by atoms with Gasteiger partial charge in [-0.05, 0) is 60.7 Å². The number of hydrogen-bond donors (Lipinski definition) is 4. The molecule has 0 aliphatic rings. The van der Waals surface area contributed by atoms with Gasteiger partial charge >= 0.3 is 12.0 Å². The number of hydrogen-bond acceptors (Lipinski definition) is 3. The van der Waals surface area contributed by atoms with Crippen LogP contribution < -0.4 is 16.0 Å². The van der Waals surface area contributed by atoms with E-state index in [-0.39, 0.29) is 11.5 Å². The second kappa shape index (κ2) is 10.4. The number of carboxylic acids is 1. The molecule has 7 nitrogen and oxygen atoms in total. The van der Waals surface area contributed by atoms with E-state index in [0.717, 1.165) is 27.5 Å². The monoisotopic (exact) mass is 461 g/mol. The first-order valence-electron chi connectivity index (χ1n) is 11.3. The van der Waals surface area contributed by atoms with Crippen molar-refractivity contribution in [3.8, 4) is 0 Å². The molecule has 0 saturated heterocycles. The number of fused-ring (bicyclic) bond motifs is 1. The molecule has 0 unspecified atom stereocenters. The van der Waals surface area contributed by atoms with Gasteiger partial charge in [-0.1, -0.05) is 62.2 Å². The number of benzene rings is 3. The predicted octanol–water partition coefficient (Wildman–Crippen LogP) is 5.64. The standard InChI is InChI=1S/C27H31N3O4/c1-6-16(3)24(26(32)33)29-25(31)21-13-19-9-7-8-10-20(19)14-22(21)28-27(34)30-23-17(4)11-15(2)12-18(23)5/h7-14,16,24H,6H2,1-5H3,(H,29,31)(H,32,33)(H2,28,30,34)/t16-,24-/m0/s1. The van der Waals surface area contributed by atoms with Gasteiger partial charge < -0.3 is 21.1 Å². The third-order valence-electron chi connectivity index (χ3n) is 6.06. The maximum Gasteiger partial charge on any atom is 0.326 e. The highest BCUT2D eigenvalue weighted by Gasteiger charge is 2.27. The van der Waals surface area contributed by atoms with Gasteiger partial charge in [-0.25, -0.2) is 9.59 Å². The zero-order valence-electron chi connectivity index (χ0n) is 20.2. The normalized spacial score (nSPS) is 12.6. The van der Waals surface area contributed by atoms with Crippen molar-refractivity contribution in [2.75, 3.05) is 10.6 Å². The van der Waals surface area contributed by atoms with Crippen LogP contribution in [0.2, 0.25) is 0 Å². The Bertz CT molecular complexity index is 1230. The number of anilines is 2. The van der Waals surface area contributed by atoms with Crippen LogP contribution in [0.4, 0.5) is 16.2 Å². The summed E-state index contributed by atoms with van der Waals surface area (Å²) in [5.41, 5.74) is 4.16. The molecule has 0 radical (unpaired) electrons. The van der Waals surface area contributed by atoms with Crippen molar-refractivity contribution in [1.29, 1.82) is 0 Å². The molecular formula is C27H31N3O4. The minimum Gasteiger partial charge on any atom is -0.480 e. The molecule has 34 heavy (non-hydrogen) atoms. The Labute approximate surface area is 199 Å². The fourth-order valence-corrected chi connectivity index (χ4v) is 4.08. The van der Waals surface area contributed by atoms with E-state index in [1.165, 1.54) is 0 Å². The average molecular weight is 462 g/mol. The largest absolute Gasteiger partial charge is 0.480 e. The van der Waals surface area contributed by atoms with Gasteiger partial charge in [-0.3, -0.25) is 4.79 Å². The summed E-state index contributed by atoms with van der Waals surface area (Å²) in [4.78, 5) is 37.8. The second-order valence-corrected chi connectivity index (χ2v) is 8.77.